The summed E-state index contributed by atoms with van der Waals surface area (Å²) in [4.78, 5) is 31.7. The van der Waals surface area contributed by atoms with Crippen molar-refractivity contribution in [2.24, 2.45) is 0 Å². The molecule has 2 amide bonds. The van der Waals surface area contributed by atoms with Crippen LogP contribution in [0.5, 0.6) is 0 Å². The highest BCUT2D eigenvalue weighted by molar-refractivity contribution is 7.91. The van der Waals surface area contributed by atoms with Crippen LogP contribution in [0.4, 0.5) is 5.69 Å². The van der Waals surface area contributed by atoms with Crippen LogP contribution < -0.4 is 10.2 Å². The number of carbonyl (C=O) groups excluding carboxylic acids is 2. The zero-order valence-corrected chi connectivity index (χ0v) is 19.6. The third kappa shape index (κ3) is 5.42. The standard InChI is InChI=1S/C22H22ClN5O5S/c23-11-20(29)28(18-3-1-15(2-4-18)19-13-24-14-33-19)21(16-5-8-25-26-12-16)22(30)27-17-6-9-34(31,32)10-7-17/h1-5,8,12-14,17,21H,6-7,9-11H2,(H,27,30). The smallest absolute Gasteiger partial charge is 0.248 e. The van der Waals surface area contributed by atoms with Crippen molar-refractivity contribution in [1.82, 2.24) is 20.5 Å². The maximum atomic E-state index is 13.5. The molecule has 1 unspecified atom stereocenters. The highest BCUT2D eigenvalue weighted by Crippen LogP contribution is 2.30. The van der Waals surface area contributed by atoms with Gasteiger partial charge in [-0.1, -0.05) is 0 Å². The fourth-order valence-corrected chi connectivity index (χ4v) is 5.46. The van der Waals surface area contributed by atoms with Crippen LogP contribution in [0.2, 0.25) is 0 Å². The summed E-state index contributed by atoms with van der Waals surface area (Å²) in [6.07, 6.45) is 6.35. The zero-order valence-electron chi connectivity index (χ0n) is 18.0. The van der Waals surface area contributed by atoms with E-state index in [0.717, 1.165) is 5.56 Å². The second-order valence-corrected chi connectivity index (χ2v) is 10.4. The van der Waals surface area contributed by atoms with E-state index in [4.69, 9.17) is 16.0 Å². The van der Waals surface area contributed by atoms with Gasteiger partial charge < -0.3 is 9.73 Å². The lowest BCUT2D eigenvalue weighted by atomic mass is 10.0. The van der Waals surface area contributed by atoms with Gasteiger partial charge in [-0.05, 0) is 43.2 Å². The van der Waals surface area contributed by atoms with Gasteiger partial charge in [0.05, 0.1) is 23.9 Å². The summed E-state index contributed by atoms with van der Waals surface area (Å²) in [6, 6.07) is 7.05. The molecule has 1 aliphatic rings. The number of amides is 2. The minimum Gasteiger partial charge on any atom is -0.444 e. The first-order chi connectivity index (χ1) is 16.4. The first kappa shape index (κ1) is 23.8. The number of carbonyl (C=O) groups is 2. The van der Waals surface area contributed by atoms with E-state index in [1.54, 1.807) is 36.5 Å². The molecular formula is C22H22ClN5O5S. The van der Waals surface area contributed by atoms with E-state index in [9.17, 15) is 18.0 Å². The third-order valence-electron chi connectivity index (χ3n) is 5.58. The molecular weight excluding hydrogens is 482 g/mol. The summed E-state index contributed by atoms with van der Waals surface area (Å²) in [5.41, 5.74) is 1.63. The molecule has 3 heterocycles. The summed E-state index contributed by atoms with van der Waals surface area (Å²) in [6.45, 7) is 0. The number of nitrogens with zero attached hydrogens (tertiary/aromatic N) is 4. The lowest BCUT2D eigenvalue weighted by Gasteiger charge is -2.33. The number of anilines is 1. The summed E-state index contributed by atoms with van der Waals surface area (Å²) in [7, 11) is -3.09. The number of aromatic nitrogens is 3. The number of hydrogen-bond acceptors (Lipinski definition) is 8. The van der Waals surface area contributed by atoms with Crippen molar-refractivity contribution in [1.29, 1.82) is 0 Å². The van der Waals surface area contributed by atoms with Crippen molar-refractivity contribution >= 4 is 38.9 Å². The van der Waals surface area contributed by atoms with Crippen molar-refractivity contribution in [2.45, 2.75) is 24.9 Å². The normalized spacial score (nSPS) is 16.5. The highest BCUT2D eigenvalue weighted by atomic mass is 35.5. The van der Waals surface area contributed by atoms with Crippen LogP contribution in [0.25, 0.3) is 11.3 Å². The van der Waals surface area contributed by atoms with Crippen LogP contribution >= 0.6 is 11.6 Å². The molecule has 0 bridgehead atoms. The molecule has 3 aromatic rings. The van der Waals surface area contributed by atoms with Crippen molar-refractivity contribution in [3.8, 4) is 11.3 Å². The van der Waals surface area contributed by atoms with Crippen LogP contribution in [0.3, 0.4) is 0 Å². The summed E-state index contributed by atoms with van der Waals surface area (Å²) >= 11 is 5.93. The van der Waals surface area contributed by atoms with Gasteiger partial charge in [0, 0.05) is 29.1 Å². The second kappa shape index (κ2) is 10.3. The van der Waals surface area contributed by atoms with Gasteiger partial charge in [-0.25, -0.2) is 13.4 Å². The molecule has 1 atom stereocenters. The van der Waals surface area contributed by atoms with E-state index in [2.05, 4.69) is 20.5 Å². The Morgan fingerprint density at radius 3 is 2.44 bits per heavy atom. The van der Waals surface area contributed by atoms with Gasteiger partial charge in [0.1, 0.15) is 21.8 Å². The fourth-order valence-electron chi connectivity index (χ4n) is 3.84. The monoisotopic (exact) mass is 503 g/mol. The lowest BCUT2D eigenvalue weighted by Crippen LogP contribution is -2.49. The SMILES string of the molecule is O=C(NC1CCS(=O)(=O)CC1)C(c1ccnnc1)N(C(=O)CCl)c1ccc(-c2cnco2)cc1. The van der Waals surface area contributed by atoms with Crippen LogP contribution in [0.15, 0.2) is 59.7 Å². The summed E-state index contributed by atoms with van der Waals surface area (Å²) in [5, 5.41) is 10.5. The molecule has 1 aromatic carbocycles. The minimum atomic E-state index is -3.09. The Balaban J connectivity index is 1.67. The van der Waals surface area contributed by atoms with Crippen molar-refractivity contribution in [2.75, 3.05) is 22.3 Å². The molecule has 12 heteroatoms. The zero-order chi connectivity index (χ0) is 24.1. The van der Waals surface area contributed by atoms with Crippen molar-refractivity contribution in [3.05, 3.63) is 60.9 Å². The predicted octanol–water partition coefficient (Wildman–Crippen LogP) is 2.14. The number of halogens is 1. The Bertz CT molecular complexity index is 1220. The van der Waals surface area contributed by atoms with Crippen LogP contribution in [0.1, 0.15) is 24.4 Å². The van der Waals surface area contributed by atoms with E-state index in [0.29, 0.717) is 29.9 Å². The molecule has 0 aliphatic carbocycles. The number of rotatable bonds is 7. The molecule has 1 aliphatic heterocycles. The van der Waals surface area contributed by atoms with Gasteiger partial charge in [-0.15, -0.1) is 11.6 Å². The summed E-state index contributed by atoms with van der Waals surface area (Å²) in [5.74, 6) is -0.734. The first-order valence-corrected chi connectivity index (χ1v) is 12.9. The Hall–Kier alpha value is -3.31. The quantitative estimate of drug-likeness (QED) is 0.484. The topological polar surface area (TPSA) is 135 Å². The maximum absolute atomic E-state index is 13.5. The fraction of sp³-hybridized carbons (Fsp3) is 0.318. The van der Waals surface area contributed by atoms with E-state index in [-0.39, 0.29) is 23.4 Å². The molecule has 0 saturated carbocycles. The maximum Gasteiger partial charge on any atom is 0.248 e. The largest absolute Gasteiger partial charge is 0.444 e. The molecule has 10 nitrogen and oxygen atoms in total. The van der Waals surface area contributed by atoms with Gasteiger partial charge in [0.15, 0.2) is 12.2 Å². The van der Waals surface area contributed by atoms with Crippen LogP contribution in [-0.4, -0.2) is 58.8 Å². The van der Waals surface area contributed by atoms with E-state index in [1.807, 2.05) is 0 Å². The summed E-state index contributed by atoms with van der Waals surface area (Å²) < 4.78 is 28.8. The van der Waals surface area contributed by atoms with Gasteiger partial charge in [-0.3, -0.25) is 14.5 Å². The van der Waals surface area contributed by atoms with Gasteiger partial charge >= 0.3 is 0 Å². The third-order valence-corrected chi connectivity index (χ3v) is 7.52. The number of hydrogen-bond donors (Lipinski definition) is 1. The van der Waals surface area contributed by atoms with E-state index in [1.165, 1.54) is 23.7 Å². The minimum absolute atomic E-state index is 0.00679. The number of alkyl halides is 1. The second-order valence-electron chi connectivity index (χ2n) is 7.82. The molecule has 1 saturated heterocycles. The van der Waals surface area contributed by atoms with Crippen molar-refractivity contribution < 1.29 is 22.4 Å². The molecule has 0 spiro atoms. The number of oxazole rings is 1. The average molecular weight is 504 g/mol. The average Bonchev–Trinajstić information content (AvgIpc) is 3.39. The number of nitrogens with one attached hydrogen (secondary N) is 1. The van der Waals surface area contributed by atoms with Gasteiger partial charge in [0.2, 0.25) is 11.8 Å². The Morgan fingerprint density at radius 2 is 1.85 bits per heavy atom. The van der Waals surface area contributed by atoms with Gasteiger partial charge in [-0.2, -0.15) is 10.2 Å². The van der Waals surface area contributed by atoms with Crippen LogP contribution in [0, 0.1) is 0 Å². The Kier molecular flexibility index (Phi) is 7.23. The van der Waals surface area contributed by atoms with E-state index >= 15 is 0 Å². The predicted molar refractivity (Wildman–Crippen MR) is 125 cm³/mol. The molecule has 2 aromatic heterocycles. The van der Waals surface area contributed by atoms with Gasteiger partial charge in [0.25, 0.3) is 0 Å². The molecule has 34 heavy (non-hydrogen) atoms. The first-order valence-electron chi connectivity index (χ1n) is 10.5. The molecule has 0 radical (unpaired) electrons. The molecule has 1 N–H and O–H groups in total. The molecule has 1 fully saturated rings. The molecule has 178 valence electrons. The van der Waals surface area contributed by atoms with Crippen molar-refractivity contribution in [3.63, 3.8) is 0 Å². The Morgan fingerprint density at radius 1 is 1.12 bits per heavy atom. The number of sulfone groups is 1. The van der Waals surface area contributed by atoms with E-state index < -0.39 is 27.7 Å². The molecule has 4 rings (SSSR count). The Labute approximate surface area is 201 Å². The number of benzene rings is 1. The lowest BCUT2D eigenvalue weighted by molar-refractivity contribution is -0.126. The van der Waals surface area contributed by atoms with Crippen LogP contribution in [-0.2, 0) is 19.4 Å². The highest BCUT2D eigenvalue weighted by Gasteiger charge is 2.35.